The minimum Gasteiger partial charge on any atom is -0.348 e. The van der Waals surface area contributed by atoms with Crippen molar-refractivity contribution < 1.29 is 4.79 Å². The van der Waals surface area contributed by atoms with E-state index >= 15 is 0 Å². The first-order valence-corrected chi connectivity index (χ1v) is 5.72. The normalized spacial score (nSPS) is 22.7. The third-order valence-electron chi connectivity index (χ3n) is 3.08. The van der Waals surface area contributed by atoms with Crippen molar-refractivity contribution in [3.05, 3.63) is 0 Å². The number of amides is 1. The van der Waals surface area contributed by atoms with Crippen LogP contribution in [0.4, 0.5) is 0 Å². The average Bonchev–Trinajstić information content (AvgIpc) is 2.20. The molecule has 0 aromatic rings. The summed E-state index contributed by atoms with van der Waals surface area (Å²) in [6.07, 6.45) is 3.88. The molecule has 1 saturated heterocycles. The number of likely N-dealkylation sites (N-methyl/N-ethyl adjacent to an activating group) is 2. The molecule has 0 saturated carbocycles. The summed E-state index contributed by atoms with van der Waals surface area (Å²) in [6, 6.07) is 0.605. The number of rotatable bonds is 4. The van der Waals surface area contributed by atoms with E-state index in [0.29, 0.717) is 12.6 Å². The van der Waals surface area contributed by atoms with Crippen LogP contribution in [0.1, 0.15) is 19.3 Å². The van der Waals surface area contributed by atoms with E-state index in [1.165, 1.54) is 25.8 Å². The lowest BCUT2D eigenvalue weighted by molar-refractivity contribution is -0.127. The summed E-state index contributed by atoms with van der Waals surface area (Å²) in [5.41, 5.74) is 0. The molecule has 1 amide bonds. The Hall–Kier alpha value is -0.610. The highest BCUT2D eigenvalue weighted by Gasteiger charge is 2.18. The molecule has 0 aromatic carbocycles. The van der Waals surface area contributed by atoms with E-state index in [2.05, 4.69) is 17.3 Å². The summed E-state index contributed by atoms with van der Waals surface area (Å²) in [7, 11) is 5.74. The van der Waals surface area contributed by atoms with Gasteiger partial charge in [-0.1, -0.05) is 6.42 Å². The summed E-state index contributed by atoms with van der Waals surface area (Å²) in [5.74, 6) is 0.147. The molecular formula is C11H23N3O. The van der Waals surface area contributed by atoms with Crippen LogP contribution in [0, 0.1) is 0 Å². The quantitative estimate of drug-likeness (QED) is 0.722. The summed E-state index contributed by atoms with van der Waals surface area (Å²) < 4.78 is 0. The van der Waals surface area contributed by atoms with Gasteiger partial charge in [0.05, 0.1) is 6.54 Å². The molecule has 4 nitrogen and oxygen atoms in total. The van der Waals surface area contributed by atoms with E-state index < -0.39 is 0 Å². The largest absolute Gasteiger partial charge is 0.348 e. The molecule has 1 N–H and O–H groups in total. The van der Waals surface area contributed by atoms with Crippen LogP contribution in [-0.4, -0.2) is 62.5 Å². The highest BCUT2D eigenvalue weighted by Crippen LogP contribution is 2.13. The molecule has 1 heterocycles. The Balaban J connectivity index is 2.16. The maximum Gasteiger partial charge on any atom is 0.236 e. The maximum absolute atomic E-state index is 11.3. The van der Waals surface area contributed by atoms with Crippen LogP contribution < -0.4 is 5.32 Å². The average molecular weight is 213 g/mol. The Morgan fingerprint density at radius 1 is 1.47 bits per heavy atom. The predicted molar refractivity (Wildman–Crippen MR) is 61.8 cm³/mol. The van der Waals surface area contributed by atoms with Crippen molar-refractivity contribution >= 4 is 5.91 Å². The molecule has 1 unspecified atom stereocenters. The van der Waals surface area contributed by atoms with Gasteiger partial charge in [0, 0.05) is 26.7 Å². The molecule has 0 spiro atoms. The Morgan fingerprint density at radius 2 is 2.20 bits per heavy atom. The van der Waals surface area contributed by atoms with Crippen molar-refractivity contribution in [3.8, 4) is 0 Å². The highest BCUT2D eigenvalue weighted by atomic mass is 16.2. The number of carbonyl (C=O) groups is 1. The van der Waals surface area contributed by atoms with E-state index in [-0.39, 0.29) is 5.91 Å². The number of nitrogens with zero attached hydrogens (tertiary/aromatic N) is 2. The number of hydrogen-bond acceptors (Lipinski definition) is 3. The first-order chi connectivity index (χ1) is 7.11. The van der Waals surface area contributed by atoms with Crippen molar-refractivity contribution in [2.45, 2.75) is 25.3 Å². The van der Waals surface area contributed by atoms with Crippen LogP contribution >= 0.6 is 0 Å². The van der Waals surface area contributed by atoms with E-state index in [9.17, 15) is 4.79 Å². The molecule has 0 radical (unpaired) electrons. The smallest absolute Gasteiger partial charge is 0.236 e. The topological polar surface area (TPSA) is 35.6 Å². The summed E-state index contributed by atoms with van der Waals surface area (Å²) in [5, 5.41) is 3.23. The van der Waals surface area contributed by atoms with Gasteiger partial charge >= 0.3 is 0 Å². The first kappa shape index (κ1) is 12.5. The van der Waals surface area contributed by atoms with E-state index in [1.54, 1.807) is 19.0 Å². The highest BCUT2D eigenvalue weighted by molar-refractivity contribution is 5.77. The SMILES string of the molecule is CN(C)C(=O)CNCC1CCCCN1C. The van der Waals surface area contributed by atoms with Crippen molar-refractivity contribution in [2.24, 2.45) is 0 Å². The van der Waals surface area contributed by atoms with Gasteiger partial charge in [-0.2, -0.15) is 0 Å². The molecule has 0 aliphatic carbocycles. The van der Waals surface area contributed by atoms with Crippen LogP contribution in [0.25, 0.3) is 0 Å². The maximum atomic E-state index is 11.3. The molecule has 1 atom stereocenters. The fraction of sp³-hybridized carbons (Fsp3) is 0.909. The van der Waals surface area contributed by atoms with Gasteiger partial charge in [0.25, 0.3) is 0 Å². The van der Waals surface area contributed by atoms with Gasteiger partial charge in [-0.25, -0.2) is 0 Å². The predicted octanol–water partition coefficient (Wildman–Crippen LogP) is 0.149. The second-order valence-electron chi connectivity index (χ2n) is 4.55. The number of nitrogens with one attached hydrogen (secondary N) is 1. The van der Waals surface area contributed by atoms with Crippen LogP contribution in [0.15, 0.2) is 0 Å². The first-order valence-electron chi connectivity index (χ1n) is 5.72. The second-order valence-corrected chi connectivity index (χ2v) is 4.55. The summed E-state index contributed by atoms with van der Waals surface area (Å²) >= 11 is 0. The standard InChI is InChI=1S/C11H23N3O/c1-13(2)11(15)9-12-8-10-6-4-5-7-14(10)3/h10,12H,4-9H2,1-3H3. The van der Waals surface area contributed by atoms with E-state index in [0.717, 1.165) is 6.54 Å². The van der Waals surface area contributed by atoms with Gasteiger partial charge in [-0.05, 0) is 26.4 Å². The van der Waals surface area contributed by atoms with Crippen molar-refractivity contribution in [2.75, 3.05) is 40.8 Å². The second kappa shape index (κ2) is 6.08. The Kier molecular flexibility index (Phi) is 5.05. The number of likely N-dealkylation sites (tertiary alicyclic amines) is 1. The molecule has 15 heavy (non-hydrogen) atoms. The van der Waals surface area contributed by atoms with Crippen LogP contribution in [0.2, 0.25) is 0 Å². The lowest BCUT2D eigenvalue weighted by atomic mass is 10.0. The van der Waals surface area contributed by atoms with Gasteiger partial charge in [0.15, 0.2) is 0 Å². The molecular weight excluding hydrogens is 190 g/mol. The zero-order valence-corrected chi connectivity index (χ0v) is 10.1. The van der Waals surface area contributed by atoms with Crippen molar-refractivity contribution in [1.29, 1.82) is 0 Å². The molecule has 1 aliphatic rings. The minimum absolute atomic E-state index is 0.147. The lowest BCUT2D eigenvalue weighted by Gasteiger charge is -2.32. The molecule has 4 heteroatoms. The Morgan fingerprint density at radius 3 is 2.80 bits per heavy atom. The van der Waals surface area contributed by atoms with Crippen LogP contribution in [-0.2, 0) is 4.79 Å². The summed E-state index contributed by atoms with van der Waals surface area (Å²) in [6.45, 7) is 2.57. The molecule has 1 fully saturated rings. The molecule has 1 rings (SSSR count). The van der Waals surface area contributed by atoms with Gasteiger partial charge < -0.3 is 15.1 Å². The Labute approximate surface area is 92.6 Å². The van der Waals surface area contributed by atoms with E-state index in [4.69, 9.17) is 0 Å². The van der Waals surface area contributed by atoms with Crippen LogP contribution in [0.3, 0.4) is 0 Å². The minimum atomic E-state index is 0.147. The fourth-order valence-electron chi connectivity index (χ4n) is 1.91. The van der Waals surface area contributed by atoms with E-state index in [1.807, 2.05) is 0 Å². The third-order valence-corrected chi connectivity index (χ3v) is 3.08. The monoisotopic (exact) mass is 213 g/mol. The van der Waals surface area contributed by atoms with Gasteiger partial charge in [-0.3, -0.25) is 4.79 Å². The number of carbonyl (C=O) groups excluding carboxylic acids is 1. The number of piperidine rings is 1. The zero-order valence-electron chi connectivity index (χ0n) is 10.1. The summed E-state index contributed by atoms with van der Waals surface area (Å²) in [4.78, 5) is 15.3. The molecule has 1 aliphatic heterocycles. The zero-order chi connectivity index (χ0) is 11.3. The Bertz CT molecular complexity index is 206. The lowest BCUT2D eigenvalue weighted by Crippen LogP contribution is -2.45. The molecule has 0 bridgehead atoms. The van der Waals surface area contributed by atoms with Crippen molar-refractivity contribution in [1.82, 2.24) is 15.1 Å². The van der Waals surface area contributed by atoms with Crippen molar-refractivity contribution in [3.63, 3.8) is 0 Å². The van der Waals surface area contributed by atoms with Crippen LogP contribution in [0.5, 0.6) is 0 Å². The van der Waals surface area contributed by atoms with Gasteiger partial charge in [-0.15, -0.1) is 0 Å². The van der Waals surface area contributed by atoms with Gasteiger partial charge in [0.2, 0.25) is 5.91 Å². The molecule has 0 aromatic heterocycles. The molecule has 88 valence electrons. The third kappa shape index (κ3) is 4.18. The number of hydrogen-bond donors (Lipinski definition) is 1. The van der Waals surface area contributed by atoms with Gasteiger partial charge in [0.1, 0.15) is 0 Å². The fourth-order valence-corrected chi connectivity index (χ4v) is 1.91.